The summed E-state index contributed by atoms with van der Waals surface area (Å²) in [4.78, 5) is 22.2. The molecule has 10 nitrogen and oxygen atoms in total. The molecule has 1 aliphatic carbocycles. The van der Waals surface area contributed by atoms with Crippen molar-refractivity contribution in [1.29, 1.82) is 5.26 Å². The highest BCUT2D eigenvalue weighted by Gasteiger charge is 2.31. The number of benzene rings is 3. The van der Waals surface area contributed by atoms with Gasteiger partial charge >= 0.3 is 6.18 Å². The Morgan fingerprint density at radius 2 is 1.73 bits per heavy atom. The maximum atomic E-state index is 13.6. The molecule has 1 fully saturated rings. The van der Waals surface area contributed by atoms with Crippen molar-refractivity contribution >= 4 is 45.1 Å². The first-order chi connectivity index (χ1) is 21.6. The molecule has 14 heteroatoms. The van der Waals surface area contributed by atoms with Crippen LogP contribution in [0.15, 0.2) is 91.5 Å². The van der Waals surface area contributed by atoms with Crippen LogP contribution in [0.2, 0.25) is 0 Å². The molecule has 3 aromatic carbocycles. The number of nitrogens with zero attached hydrogens (tertiary/aromatic N) is 6. The third-order valence-electron chi connectivity index (χ3n) is 7.24. The van der Waals surface area contributed by atoms with Gasteiger partial charge in [-0.1, -0.05) is 69.8 Å². The number of halogens is 4. The van der Waals surface area contributed by atoms with Gasteiger partial charge in [0.1, 0.15) is 6.54 Å². The Morgan fingerprint density at radius 3 is 2.36 bits per heavy atom. The van der Waals surface area contributed by atoms with Crippen LogP contribution in [0, 0.1) is 11.3 Å². The van der Waals surface area contributed by atoms with E-state index in [1.165, 1.54) is 30.9 Å². The van der Waals surface area contributed by atoms with Crippen molar-refractivity contribution in [3.8, 4) is 6.07 Å². The number of amides is 1. The van der Waals surface area contributed by atoms with Gasteiger partial charge in [-0.3, -0.25) is 4.79 Å². The monoisotopic (exact) mass is 681 g/mol. The van der Waals surface area contributed by atoms with Crippen LogP contribution in [0.5, 0.6) is 0 Å². The lowest BCUT2D eigenvalue weighted by Gasteiger charge is -2.28. The highest BCUT2D eigenvalue weighted by molar-refractivity contribution is 9.10. The second-order valence-electron chi connectivity index (χ2n) is 10.3. The van der Waals surface area contributed by atoms with E-state index < -0.39 is 17.6 Å². The number of aliphatic imine (C=N–C) groups is 2. The van der Waals surface area contributed by atoms with E-state index in [0.29, 0.717) is 11.6 Å². The molecular weight excluding hydrogens is 651 g/mol. The number of anilines is 2. The third kappa shape index (κ3) is 9.36. The van der Waals surface area contributed by atoms with Crippen LogP contribution in [0.3, 0.4) is 0 Å². The van der Waals surface area contributed by atoms with Gasteiger partial charge in [0.25, 0.3) is 5.91 Å². The number of carbonyl (C=O) groups is 1. The first kappa shape index (κ1) is 33.1. The van der Waals surface area contributed by atoms with Crippen LogP contribution in [0.25, 0.3) is 0 Å². The molecule has 3 aromatic rings. The van der Waals surface area contributed by atoms with Gasteiger partial charge in [-0.2, -0.15) is 23.4 Å². The van der Waals surface area contributed by atoms with Crippen LogP contribution >= 0.6 is 15.9 Å². The molecule has 4 rings (SSSR count). The van der Waals surface area contributed by atoms with E-state index in [0.717, 1.165) is 30.5 Å². The van der Waals surface area contributed by atoms with E-state index in [1.807, 2.05) is 18.2 Å². The highest BCUT2D eigenvalue weighted by Crippen LogP contribution is 2.35. The molecule has 0 spiro atoms. The SMILES string of the molecule is N#CCN=C(Nc1cc(Br)cc(C(F)(F)F)c1)N(Cc1ccc(C(=O)N=C(N)/N=N\N)cc1)c1ccc(C2CCCCC2)cc1. The first-order valence-electron chi connectivity index (χ1n) is 14.1. The molecule has 0 aliphatic heterocycles. The summed E-state index contributed by atoms with van der Waals surface area (Å²) in [6.07, 6.45) is 1.29. The molecule has 0 atom stereocenters. The average Bonchev–Trinajstić information content (AvgIpc) is 3.02. The van der Waals surface area contributed by atoms with Crippen molar-refractivity contribution in [2.45, 2.75) is 50.7 Å². The molecule has 0 radical (unpaired) electrons. The Bertz CT molecular complexity index is 1610. The maximum Gasteiger partial charge on any atom is 0.416 e. The third-order valence-corrected chi connectivity index (χ3v) is 7.69. The summed E-state index contributed by atoms with van der Waals surface area (Å²) in [7, 11) is 0. The molecule has 234 valence electrons. The largest absolute Gasteiger partial charge is 0.416 e. The Kier molecular flexibility index (Phi) is 11.3. The van der Waals surface area contributed by atoms with Gasteiger partial charge in [0.2, 0.25) is 11.9 Å². The molecule has 0 aromatic heterocycles. The standard InChI is InChI=1S/C31H31BrF3N9O/c32-25-16-24(31(33,34)35)17-26(18-25)40-30(39-15-14-36)44(27-12-10-22(11-13-27)21-4-2-1-3-5-21)19-20-6-8-23(9-7-20)28(45)41-29(37)42-43-38/h6-13,16-18,21H,1-5,15,19H2,(H,39,40)(H4,37,38,41,42,45). The molecule has 5 N–H and O–H groups in total. The van der Waals surface area contributed by atoms with Crippen LogP contribution in [-0.2, 0) is 12.7 Å². The van der Waals surface area contributed by atoms with Gasteiger partial charge in [-0.25, -0.2) is 4.99 Å². The number of guanidine groups is 2. The topological polar surface area (TPSA) is 158 Å². The Labute approximate surface area is 266 Å². The van der Waals surface area contributed by atoms with Crippen molar-refractivity contribution in [2.24, 2.45) is 31.9 Å². The molecule has 1 amide bonds. The summed E-state index contributed by atoms with van der Waals surface area (Å²) in [6.45, 7) is -0.0481. The smallest absolute Gasteiger partial charge is 0.366 e. The fraction of sp³-hybridized carbons (Fsp3) is 0.290. The van der Waals surface area contributed by atoms with Crippen molar-refractivity contribution < 1.29 is 18.0 Å². The summed E-state index contributed by atoms with van der Waals surface area (Å²) >= 11 is 3.16. The predicted octanol–water partition coefficient (Wildman–Crippen LogP) is 7.29. The lowest BCUT2D eigenvalue weighted by Crippen LogP contribution is -2.36. The zero-order chi connectivity index (χ0) is 32.4. The van der Waals surface area contributed by atoms with Crippen LogP contribution in [-0.4, -0.2) is 24.4 Å². The molecule has 45 heavy (non-hydrogen) atoms. The van der Waals surface area contributed by atoms with Crippen LogP contribution in [0.4, 0.5) is 24.5 Å². The molecular formula is C31H31BrF3N9O. The van der Waals surface area contributed by atoms with Gasteiger partial charge in [0.05, 0.1) is 18.2 Å². The quantitative estimate of drug-likeness (QED) is 0.0593. The number of hydrogen-bond donors (Lipinski definition) is 3. The summed E-state index contributed by atoms with van der Waals surface area (Å²) < 4.78 is 41.0. The molecule has 0 bridgehead atoms. The molecule has 1 saturated carbocycles. The fourth-order valence-electron chi connectivity index (χ4n) is 5.09. The Balaban J connectivity index is 1.70. The molecule has 0 heterocycles. The van der Waals surface area contributed by atoms with E-state index in [4.69, 9.17) is 11.6 Å². The number of nitrogens with two attached hydrogens (primary N) is 2. The van der Waals surface area contributed by atoms with Crippen molar-refractivity contribution in [2.75, 3.05) is 16.8 Å². The zero-order valence-corrected chi connectivity index (χ0v) is 25.7. The zero-order valence-electron chi connectivity index (χ0n) is 24.1. The number of hydrogen-bond acceptors (Lipinski definition) is 4. The van der Waals surface area contributed by atoms with Crippen LogP contribution < -0.4 is 21.8 Å². The summed E-state index contributed by atoms with van der Waals surface area (Å²) in [6, 6.07) is 20.0. The lowest BCUT2D eigenvalue weighted by molar-refractivity contribution is -0.137. The highest BCUT2D eigenvalue weighted by atomic mass is 79.9. The van der Waals surface area contributed by atoms with Crippen molar-refractivity contribution in [1.82, 2.24) is 0 Å². The fourth-order valence-corrected chi connectivity index (χ4v) is 5.59. The minimum Gasteiger partial charge on any atom is -0.366 e. The second kappa shape index (κ2) is 15.3. The molecule has 0 saturated heterocycles. The van der Waals surface area contributed by atoms with E-state index in [2.05, 4.69) is 53.7 Å². The van der Waals surface area contributed by atoms with Gasteiger partial charge in [0.15, 0.2) is 0 Å². The second-order valence-corrected chi connectivity index (χ2v) is 11.3. The van der Waals surface area contributed by atoms with E-state index in [9.17, 15) is 23.2 Å². The van der Waals surface area contributed by atoms with E-state index in [1.54, 1.807) is 29.2 Å². The minimum absolute atomic E-state index is 0.128. The maximum absolute atomic E-state index is 13.6. The Morgan fingerprint density at radius 1 is 1.04 bits per heavy atom. The van der Waals surface area contributed by atoms with Gasteiger partial charge in [0, 0.05) is 21.4 Å². The van der Waals surface area contributed by atoms with Gasteiger partial charge in [-0.05, 0) is 72.4 Å². The van der Waals surface area contributed by atoms with Crippen LogP contribution in [0.1, 0.15) is 65.1 Å². The normalized spacial score (nSPS) is 14.7. The summed E-state index contributed by atoms with van der Waals surface area (Å²) in [5.41, 5.74) is 7.67. The van der Waals surface area contributed by atoms with Gasteiger partial charge in [-0.15, -0.1) is 0 Å². The predicted molar refractivity (Wildman–Crippen MR) is 171 cm³/mol. The Hall–Kier alpha value is -4.77. The van der Waals surface area contributed by atoms with E-state index >= 15 is 0 Å². The number of nitrogens with one attached hydrogen (secondary N) is 1. The number of alkyl halides is 3. The first-order valence-corrected chi connectivity index (χ1v) is 14.9. The van der Waals surface area contributed by atoms with Gasteiger partial charge < -0.3 is 21.8 Å². The average molecular weight is 683 g/mol. The molecule has 0 unspecified atom stereocenters. The summed E-state index contributed by atoms with van der Waals surface area (Å²) in [5, 5.41) is 18.7. The summed E-state index contributed by atoms with van der Waals surface area (Å²) in [5.74, 6) is 4.54. The number of nitriles is 1. The number of carbonyl (C=O) groups excluding carboxylic acids is 1. The molecule has 1 aliphatic rings. The number of rotatable bonds is 7. The lowest BCUT2D eigenvalue weighted by atomic mass is 9.84. The van der Waals surface area contributed by atoms with Crippen molar-refractivity contribution in [3.63, 3.8) is 0 Å². The van der Waals surface area contributed by atoms with E-state index in [-0.39, 0.29) is 40.7 Å². The van der Waals surface area contributed by atoms with Crippen molar-refractivity contribution in [3.05, 3.63) is 93.5 Å². The minimum atomic E-state index is -4.57.